The summed E-state index contributed by atoms with van der Waals surface area (Å²) in [5.74, 6) is -0.488. The molecule has 84 valence electrons. The van der Waals surface area contributed by atoms with Crippen molar-refractivity contribution in [2.75, 3.05) is 6.61 Å². The van der Waals surface area contributed by atoms with Crippen molar-refractivity contribution in [1.29, 1.82) is 0 Å². The summed E-state index contributed by atoms with van der Waals surface area (Å²) < 4.78 is 53.2. The highest BCUT2D eigenvalue weighted by Gasteiger charge is 2.26. The Morgan fingerprint density at radius 2 is 1.87 bits per heavy atom. The van der Waals surface area contributed by atoms with Gasteiger partial charge in [-0.3, -0.25) is 0 Å². The minimum absolute atomic E-state index is 0.0751. The molecule has 0 spiro atoms. The van der Waals surface area contributed by atoms with E-state index in [0.29, 0.717) is 4.47 Å². The van der Waals surface area contributed by atoms with Crippen molar-refractivity contribution >= 4 is 15.9 Å². The highest BCUT2D eigenvalue weighted by Crippen LogP contribution is 2.23. The van der Waals surface area contributed by atoms with E-state index in [1.807, 2.05) is 0 Å². The maximum Gasteiger partial charge on any atom is 0.392 e. The molecule has 0 aromatic heterocycles. The van der Waals surface area contributed by atoms with Gasteiger partial charge in [0.05, 0.1) is 13.0 Å². The Balaban J connectivity index is 2.51. The van der Waals surface area contributed by atoms with Crippen molar-refractivity contribution in [2.24, 2.45) is 0 Å². The van der Waals surface area contributed by atoms with E-state index in [1.54, 1.807) is 0 Å². The van der Waals surface area contributed by atoms with Crippen LogP contribution in [-0.2, 0) is 0 Å². The van der Waals surface area contributed by atoms with Gasteiger partial charge in [-0.1, -0.05) is 15.9 Å². The summed E-state index contributed by atoms with van der Waals surface area (Å²) in [6.07, 6.45) is -5.31. The lowest BCUT2D eigenvalue weighted by Crippen LogP contribution is -2.13. The number of ether oxygens (including phenoxy) is 1. The average molecular weight is 287 g/mol. The van der Waals surface area contributed by atoms with E-state index >= 15 is 0 Å². The second kappa shape index (κ2) is 4.83. The summed E-state index contributed by atoms with van der Waals surface area (Å²) in [6, 6.07) is 3.62. The lowest BCUT2D eigenvalue weighted by molar-refractivity contribution is -0.139. The minimum Gasteiger partial charge on any atom is -0.493 e. The predicted molar refractivity (Wildman–Crippen MR) is 50.3 cm³/mol. The van der Waals surface area contributed by atoms with Crippen LogP contribution in [0.15, 0.2) is 22.7 Å². The topological polar surface area (TPSA) is 9.23 Å². The Kier molecular flexibility index (Phi) is 3.96. The smallest absolute Gasteiger partial charge is 0.392 e. The molecular weight excluding hydrogens is 280 g/mol. The highest BCUT2D eigenvalue weighted by atomic mass is 79.9. The quantitative estimate of drug-likeness (QED) is 0.766. The summed E-state index contributed by atoms with van der Waals surface area (Å²) in [4.78, 5) is 0. The summed E-state index contributed by atoms with van der Waals surface area (Å²) in [5.41, 5.74) is 0. The van der Waals surface area contributed by atoms with Gasteiger partial charge in [0.2, 0.25) is 0 Å². The third-order valence-electron chi connectivity index (χ3n) is 1.49. The molecule has 0 saturated carbocycles. The van der Waals surface area contributed by atoms with Gasteiger partial charge in [-0.25, -0.2) is 4.39 Å². The Labute approximate surface area is 92.2 Å². The number of rotatable bonds is 3. The van der Waals surface area contributed by atoms with Crippen LogP contribution < -0.4 is 4.74 Å². The largest absolute Gasteiger partial charge is 0.493 e. The van der Waals surface area contributed by atoms with Crippen LogP contribution in [0.25, 0.3) is 0 Å². The molecule has 0 saturated heterocycles. The number of alkyl halides is 3. The van der Waals surface area contributed by atoms with Crippen molar-refractivity contribution < 1.29 is 22.3 Å². The average Bonchev–Trinajstić information content (AvgIpc) is 1.99. The molecule has 1 aromatic rings. The van der Waals surface area contributed by atoms with Gasteiger partial charge in [-0.15, -0.1) is 0 Å². The fraction of sp³-hybridized carbons (Fsp3) is 0.333. The van der Waals surface area contributed by atoms with Crippen molar-refractivity contribution in [3.8, 4) is 5.75 Å². The van der Waals surface area contributed by atoms with E-state index in [9.17, 15) is 17.6 Å². The standard InChI is InChI=1S/C9H7BrF4O/c10-6-3-7(11)5-8(4-6)15-2-1-9(12,13)14/h3-5H,1-2H2. The monoisotopic (exact) mass is 286 g/mol. The van der Waals surface area contributed by atoms with E-state index in [4.69, 9.17) is 4.74 Å². The van der Waals surface area contributed by atoms with Crippen molar-refractivity contribution in [3.63, 3.8) is 0 Å². The Hall–Kier alpha value is -0.780. The molecule has 0 bridgehead atoms. The molecule has 1 nitrogen and oxygen atoms in total. The summed E-state index contributed by atoms with van der Waals surface area (Å²) in [5, 5.41) is 0. The van der Waals surface area contributed by atoms with E-state index < -0.39 is 25.0 Å². The van der Waals surface area contributed by atoms with Gasteiger partial charge < -0.3 is 4.74 Å². The summed E-state index contributed by atoms with van der Waals surface area (Å²) in [6.45, 7) is -0.514. The molecule has 6 heteroatoms. The number of halogens is 5. The Morgan fingerprint density at radius 1 is 1.20 bits per heavy atom. The molecule has 0 N–H and O–H groups in total. The molecule has 0 amide bonds. The van der Waals surface area contributed by atoms with Crippen LogP contribution in [0.5, 0.6) is 5.75 Å². The van der Waals surface area contributed by atoms with Crippen LogP contribution in [0.3, 0.4) is 0 Å². The summed E-state index contributed by atoms with van der Waals surface area (Å²) >= 11 is 3.00. The Bertz CT molecular complexity index is 317. The van der Waals surface area contributed by atoms with Crippen molar-refractivity contribution in [1.82, 2.24) is 0 Å². The SMILES string of the molecule is Fc1cc(Br)cc(OCCC(F)(F)F)c1. The molecule has 0 atom stereocenters. The molecule has 0 fully saturated rings. The van der Waals surface area contributed by atoms with Gasteiger partial charge in [0.25, 0.3) is 0 Å². The maximum atomic E-state index is 12.8. The lowest BCUT2D eigenvalue weighted by atomic mass is 10.3. The zero-order chi connectivity index (χ0) is 11.5. The van der Waals surface area contributed by atoms with Crippen LogP contribution in [-0.4, -0.2) is 12.8 Å². The first-order valence-corrected chi connectivity index (χ1v) is 4.82. The van der Waals surface area contributed by atoms with Gasteiger partial charge >= 0.3 is 6.18 Å². The molecular formula is C9H7BrF4O. The lowest BCUT2D eigenvalue weighted by Gasteiger charge is -2.08. The number of hydrogen-bond acceptors (Lipinski definition) is 1. The normalized spacial score (nSPS) is 11.5. The molecule has 0 aliphatic rings. The fourth-order valence-electron chi connectivity index (χ4n) is 0.896. The van der Waals surface area contributed by atoms with Crippen molar-refractivity contribution in [2.45, 2.75) is 12.6 Å². The van der Waals surface area contributed by atoms with Gasteiger partial charge in [0, 0.05) is 10.5 Å². The van der Waals surface area contributed by atoms with Gasteiger partial charge in [-0.2, -0.15) is 13.2 Å². The zero-order valence-electron chi connectivity index (χ0n) is 7.44. The van der Waals surface area contributed by atoms with Crippen LogP contribution in [0.1, 0.15) is 6.42 Å². The molecule has 0 aliphatic heterocycles. The fourth-order valence-corrected chi connectivity index (χ4v) is 1.34. The van der Waals surface area contributed by atoms with Crippen LogP contribution in [0.2, 0.25) is 0 Å². The van der Waals surface area contributed by atoms with E-state index in [2.05, 4.69) is 15.9 Å². The van der Waals surface area contributed by atoms with Crippen molar-refractivity contribution in [3.05, 3.63) is 28.5 Å². The maximum absolute atomic E-state index is 12.8. The molecule has 1 rings (SSSR count). The van der Waals surface area contributed by atoms with E-state index in [1.165, 1.54) is 12.1 Å². The highest BCUT2D eigenvalue weighted by molar-refractivity contribution is 9.10. The number of benzene rings is 1. The van der Waals surface area contributed by atoms with Crippen LogP contribution in [0, 0.1) is 5.82 Å². The molecule has 0 aliphatic carbocycles. The first-order chi connectivity index (χ1) is 6.87. The van der Waals surface area contributed by atoms with Crippen LogP contribution >= 0.6 is 15.9 Å². The second-order valence-corrected chi connectivity index (χ2v) is 3.73. The first-order valence-electron chi connectivity index (χ1n) is 4.02. The van der Waals surface area contributed by atoms with Crippen LogP contribution in [0.4, 0.5) is 17.6 Å². The molecule has 0 heterocycles. The minimum atomic E-state index is -4.26. The third-order valence-corrected chi connectivity index (χ3v) is 1.95. The van der Waals surface area contributed by atoms with Gasteiger partial charge in [0.15, 0.2) is 0 Å². The number of hydrogen-bond donors (Lipinski definition) is 0. The molecule has 1 aromatic carbocycles. The van der Waals surface area contributed by atoms with Gasteiger partial charge in [-0.05, 0) is 12.1 Å². The zero-order valence-corrected chi connectivity index (χ0v) is 9.03. The molecule has 15 heavy (non-hydrogen) atoms. The van der Waals surface area contributed by atoms with E-state index in [0.717, 1.165) is 6.07 Å². The van der Waals surface area contributed by atoms with E-state index in [-0.39, 0.29) is 5.75 Å². The molecule has 0 radical (unpaired) electrons. The Morgan fingerprint density at radius 3 is 2.40 bits per heavy atom. The molecule has 0 unspecified atom stereocenters. The third kappa shape index (κ3) is 5.01. The first kappa shape index (κ1) is 12.3. The summed E-state index contributed by atoms with van der Waals surface area (Å²) in [7, 11) is 0. The predicted octanol–water partition coefficient (Wildman–Crippen LogP) is 3.92. The second-order valence-electron chi connectivity index (χ2n) is 2.82. The van der Waals surface area contributed by atoms with Gasteiger partial charge in [0.1, 0.15) is 11.6 Å².